The minimum Gasteiger partial charge on any atom is -0.497 e. The van der Waals surface area contributed by atoms with E-state index in [0.29, 0.717) is 18.6 Å². The van der Waals surface area contributed by atoms with Crippen LogP contribution >= 0.6 is 0 Å². The lowest BCUT2D eigenvalue weighted by Crippen LogP contribution is -2.55. The number of nitrogens with one attached hydrogen (secondary N) is 3. The third kappa shape index (κ3) is 7.56. The number of amides is 2. The minimum absolute atomic E-state index is 0.171. The number of likely N-dealkylation sites (N-methyl/N-ethyl adjacent to an activating group) is 1. The Hall–Kier alpha value is -2.61. The smallest absolute Gasteiger partial charge is 0.320 e. The van der Waals surface area contributed by atoms with Crippen LogP contribution in [0.5, 0.6) is 5.75 Å². The van der Waals surface area contributed by atoms with Gasteiger partial charge in [-0.3, -0.25) is 19.7 Å². The van der Waals surface area contributed by atoms with Crippen LogP contribution in [0.15, 0.2) is 24.3 Å². The third-order valence-electron chi connectivity index (χ3n) is 4.32. The lowest BCUT2D eigenvalue weighted by molar-refractivity contribution is -0.139. The predicted octanol–water partition coefficient (Wildman–Crippen LogP) is 0.946. The fourth-order valence-electron chi connectivity index (χ4n) is 2.75. The van der Waals surface area contributed by atoms with E-state index in [1.165, 1.54) is 14.0 Å². The van der Waals surface area contributed by atoms with Gasteiger partial charge in [-0.05, 0) is 37.0 Å². The average Bonchev–Trinajstić information content (AvgIpc) is 2.66. The van der Waals surface area contributed by atoms with Crippen LogP contribution in [-0.2, 0) is 20.8 Å². The summed E-state index contributed by atoms with van der Waals surface area (Å²) in [4.78, 5) is 36.2. The van der Waals surface area contributed by atoms with Crippen molar-refractivity contribution in [3.05, 3.63) is 29.8 Å². The van der Waals surface area contributed by atoms with E-state index >= 15 is 0 Å². The second kappa shape index (κ2) is 11.3. The number of ether oxygens (including phenoxy) is 1. The zero-order valence-corrected chi connectivity index (χ0v) is 17.1. The van der Waals surface area contributed by atoms with E-state index in [4.69, 9.17) is 9.84 Å². The summed E-state index contributed by atoms with van der Waals surface area (Å²) < 4.78 is 5.13. The number of hydrogen-bond acceptors (Lipinski definition) is 5. The summed E-state index contributed by atoms with van der Waals surface area (Å²) in [5.74, 6) is -0.886. The Morgan fingerprint density at radius 1 is 1.04 bits per heavy atom. The van der Waals surface area contributed by atoms with Crippen LogP contribution in [0.2, 0.25) is 0 Å². The highest BCUT2D eigenvalue weighted by Gasteiger charge is 2.28. The summed E-state index contributed by atoms with van der Waals surface area (Å²) in [5, 5.41) is 17.3. The number of rotatable bonds is 11. The van der Waals surface area contributed by atoms with Gasteiger partial charge in [-0.15, -0.1) is 0 Å². The Bertz CT molecular complexity index is 660. The lowest BCUT2D eigenvalue weighted by Gasteiger charge is -2.25. The second-order valence-electron chi connectivity index (χ2n) is 7.14. The molecule has 3 atom stereocenters. The zero-order valence-electron chi connectivity index (χ0n) is 17.1. The largest absolute Gasteiger partial charge is 0.497 e. The van der Waals surface area contributed by atoms with Crippen molar-refractivity contribution in [1.29, 1.82) is 0 Å². The first-order valence-corrected chi connectivity index (χ1v) is 9.31. The first kappa shape index (κ1) is 23.4. The van der Waals surface area contributed by atoms with Crippen molar-refractivity contribution in [2.75, 3.05) is 14.2 Å². The molecule has 0 heterocycles. The van der Waals surface area contributed by atoms with Gasteiger partial charge in [-0.2, -0.15) is 0 Å². The Kier molecular flexibility index (Phi) is 9.44. The average molecular weight is 393 g/mol. The van der Waals surface area contributed by atoms with Gasteiger partial charge in [0.25, 0.3) is 0 Å². The number of hydrogen-bond donors (Lipinski definition) is 4. The first-order valence-electron chi connectivity index (χ1n) is 9.31. The maximum Gasteiger partial charge on any atom is 0.320 e. The molecule has 28 heavy (non-hydrogen) atoms. The van der Waals surface area contributed by atoms with Gasteiger partial charge in [0.05, 0.1) is 13.2 Å². The zero-order chi connectivity index (χ0) is 21.3. The lowest BCUT2D eigenvalue weighted by atomic mass is 10.0. The Balaban J connectivity index is 2.92. The molecule has 1 aromatic rings. The van der Waals surface area contributed by atoms with Gasteiger partial charge in [-0.25, -0.2) is 0 Å². The third-order valence-corrected chi connectivity index (χ3v) is 4.32. The Morgan fingerprint density at radius 3 is 2.11 bits per heavy atom. The van der Waals surface area contributed by atoms with E-state index in [9.17, 15) is 14.4 Å². The van der Waals surface area contributed by atoms with E-state index < -0.39 is 30.0 Å². The Morgan fingerprint density at radius 2 is 1.64 bits per heavy atom. The van der Waals surface area contributed by atoms with E-state index in [2.05, 4.69) is 16.0 Å². The maximum atomic E-state index is 12.8. The molecular weight excluding hydrogens is 362 g/mol. The maximum absolute atomic E-state index is 12.8. The van der Waals surface area contributed by atoms with Crippen LogP contribution in [-0.4, -0.2) is 55.2 Å². The number of carboxylic acids is 1. The Labute approximate surface area is 166 Å². The summed E-state index contributed by atoms with van der Waals surface area (Å²) in [6.07, 6.45) is 0.755. The highest BCUT2D eigenvalue weighted by Crippen LogP contribution is 2.13. The molecule has 0 aliphatic heterocycles. The monoisotopic (exact) mass is 393 g/mol. The summed E-state index contributed by atoms with van der Waals surface area (Å²) in [5.41, 5.74) is 0.863. The molecule has 0 aliphatic rings. The van der Waals surface area contributed by atoms with Crippen molar-refractivity contribution in [2.24, 2.45) is 5.92 Å². The topological polar surface area (TPSA) is 117 Å². The van der Waals surface area contributed by atoms with Crippen molar-refractivity contribution in [1.82, 2.24) is 16.0 Å². The van der Waals surface area contributed by atoms with Crippen molar-refractivity contribution in [2.45, 2.75) is 51.7 Å². The van der Waals surface area contributed by atoms with Gasteiger partial charge in [-0.1, -0.05) is 26.0 Å². The molecule has 2 amide bonds. The van der Waals surface area contributed by atoms with E-state index in [1.807, 2.05) is 26.0 Å². The molecule has 0 spiro atoms. The van der Waals surface area contributed by atoms with Crippen molar-refractivity contribution in [3.8, 4) is 5.75 Å². The molecular formula is C20H31N3O5. The van der Waals surface area contributed by atoms with Gasteiger partial charge >= 0.3 is 5.97 Å². The fraction of sp³-hybridized carbons (Fsp3) is 0.550. The van der Waals surface area contributed by atoms with E-state index in [1.54, 1.807) is 19.2 Å². The molecule has 0 saturated heterocycles. The van der Waals surface area contributed by atoms with Gasteiger partial charge < -0.3 is 20.5 Å². The van der Waals surface area contributed by atoms with Crippen molar-refractivity contribution in [3.63, 3.8) is 0 Å². The molecule has 0 radical (unpaired) electrons. The molecule has 0 fully saturated rings. The highest BCUT2D eigenvalue weighted by molar-refractivity contribution is 5.90. The quantitative estimate of drug-likeness (QED) is 0.445. The SMILES string of the molecule is CNC(=O)[C@H](Cc1ccc(OC)cc1)NC(=O)[C@H](CC(C)C)N[C@@H](C)C(=O)O. The van der Waals surface area contributed by atoms with Crippen molar-refractivity contribution < 1.29 is 24.2 Å². The van der Waals surface area contributed by atoms with Gasteiger partial charge in [0.2, 0.25) is 11.8 Å². The molecule has 0 bridgehead atoms. The number of carboxylic acid groups (broad SMARTS) is 1. The highest BCUT2D eigenvalue weighted by atomic mass is 16.5. The van der Waals surface area contributed by atoms with Crippen LogP contribution in [0.25, 0.3) is 0 Å². The molecule has 1 aromatic carbocycles. The number of carbonyl (C=O) groups is 3. The molecule has 0 saturated carbocycles. The molecule has 0 unspecified atom stereocenters. The summed E-state index contributed by atoms with van der Waals surface area (Å²) >= 11 is 0. The number of benzene rings is 1. The van der Waals surface area contributed by atoms with Crippen molar-refractivity contribution >= 4 is 17.8 Å². The van der Waals surface area contributed by atoms with E-state index in [0.717, 1.165) is 5.56 Å². The van der Waals surface area contributed by atoms with Crippen LogP contribution in [0.4, 0.5) is 0 Å². The van der Waals surface area contributed by atoms with Crippen LogP contribution < -0.4 is 20.7 Å². The minimum atomic E-state index is -1.04. The van der Waals surface area contributed by atoms with Gasteiger partial charge in [0, 0.05) is 13.5 Å². The number of aliphatic carboxylic acids is 1. The van der Waals surface area contributed by atoms with Crippen LogP contribution in [0.1, 0.15) is 32.8 Å². The normalized spacial score (nSPS) is 14.1. The van der Waals surface area contributed by atoms with Crippen LogP contribution in [0.3, 0.4) is 0 Å². The molecule has 156 valence electrons. The molecule has 0 aliphatic carbocycles. The van der Waals surface area contributed by atoms with Crippen LogP contribution in [0, 0.1) is 5.92 Å². The molecule has 1 rings (SSSR count). The van der Waals surface area contributed by atoms with Gasteiger partial charge in [0.1, 0.15) is 17.8 Å². The standard InChI is InChI=1S/C20H31N3O5/c1-12(2)10-16(22-13(3)20(26)27)19(25)23-17(18(24)21-4)11-14-6-8-15(28-5)9-7-14/h6-9,12-13,16-17,22H,10-11H2,1-5H3,(H,21,24)(H,23,25)(H,26,27)/t13-,16-,17-/m0/s1. The molecule has 4 N–H and O–H groups in total. The molecule has 8 nitrogen and oxygen atoms in total. The molecule has 8 heteroatoms. The fourth-order valence-corrected chi connectivity index (χ4v) is 2.75. The summed E-state index contributed by atoms with van der Waals surface area (Å²) in [6, 6.07) is 4.87. The summed E-state index contributed by atoms with van der Waals surface area (Å²) in [6.45, 7) is 5.37. The van der Waals surface area contributed by atoms with E-state index in [-0.39, 0.29) is 11.8 Å². The first-order chi connectivity index (χ1) is 13.2. The summed E-state index contributed by atoms with van der Waals surface area (Å²) in [7, 11) is 3.08. The van der Waals surface area contributed by atoms with Gasteiger partial charge in [0.15, 0.2) is 0 Å². The predicted molar refractivity (Wildman–Crippen MR) is 106 cm³/mol. The molecule has 0 aromatic heterocycles. The second-order valence-corrected chi connectivity index (χ2v) is 7.14. The number of carbonyl (C=O) groups excluding carboxylic acids is 2. The number of methoxy groups -OCH3 is 1.